The van der Waals surface area contributed by atoms with Gasteiger partial charge in [0.15, 0.2) is 11.9 Å². The van der Waals surface area contributed by atoms with Crippen LogP contribution in [0.15, 0.2) is 16.3 Å². The molecule has 1 heterocycles. The number of carbonyl (C=O) groups excluding carboxylic acids is 2. The second kappa shape index (κ2) is 12.4. The van der Waals surface area contributed by atoms with Gasteiger partial charge in [0.2, 0.25) is 0 Å². The minimum atomic E-state index is -0.712. The Labute approximate surface area is 161 Å². The topological polar surface area (TPSA) is 188 Å². The number of hydrogen-bond donors (Lipinski definition) is 7. The number of aliphatic imine (C=N–C) groups is 2. The first-order valence-corrected chi connectivity index (χ1v) is 9.26. The van der Waals surface area contributed by atoms with E-state index in [0.717, 1.165) is 22.9 Å². The van der Waals surface area contributed by atoms with Crippen LogP contribution in [0.1, 0.15) is 11.4 Å². The van der Waals surface area contributed by atoms with Crippen molar-refractivity contribution >= 4 is 35.7 Å². The number of nitrogens with two attached hydrogens (primary N) is 2. The number of nitrogens with zero attached hydrogens (tertiary/aromatic N) is 3. The first-order valence-electron chi connectivity index (χ1n) is 8.10. The average Bonchev–Trinajstić information content (AvgIpc) is 3.01. The molecular formula is C14H26N10O2S. The number of primary amides is 2. The van der Waals surface area contributed by atoms with Gasteiger partial charge in [-0.2, -0.15) is 11.8 Å². The van der Waals surface area contributed by atoms with Crippen molar-refractivity contribution in [2.75, 3.05) is 32.4 Å². The van der Waals surface area contributed by atoms with Crippen molar-refractivity contribution in [3.63, 3.8) is 0 Å². The lowest BCUT2D eigenvalue weighted by molar-refractivity contribution is 0.251. The molecule has 0 fully saturated rings. The molecule has 27 heavy (non-hydrogen) atoms. The minimum Gasteiger partial charge on any atom is -0.354 e. The normalized spacial score (nSPS) is 11.8. The number of H-pyrrole nitrogens is 1. The summed E-state index contributed by atoms with van der Waals surface area (Å²) in [6.45, 7) is 3.27. The third-order valence-corrected chi connectivity index (χ3v) is 4.04. The number of carbonyl (C=O) groups is 2. The summed E-state index contributed by atoms with van der Waals surface area (Å²) in [7, 11) is 1.51. The Morgan fingerprint density at radius 2 is 1.81 bits per heavy atom. The second-order valence-corrected chi connectivity index (χ2v) is 6.27. The molecule has 0 radical (unpaired) electrons. The van der Waals surface area contributed by atoms with Crippen LogP contribution in [0.4, 0.5) is 9.59 Å². The zero-order chi connectivity index (χ0) is 20.1. The summed E-state index contributed by atoms with van der Waals surface area (Å²) in [6.07, 6.45) is 1.67. The van der Waals surface area contributed by atoms with Crippen LogP contribution >= 0.6 is 11.8 Å². The van der Waals surface area contributed by atoms with Crippen LogP contribution < -0.4 is 32.7 Å². The van der Waals surface area contributed by atoms with E-state index in [4.69, 9.17) is 11.5 Å². The predicted molar refractivity (Wildman–Crippen MR) is 107 cm³/mol. The highest BCUT2D eigenvalue weighted by Gasteiger charge is 2.04. The Hall–Kier alpha value is -2.96. The van der Waals surface area contributed by atoms with E-state index in [2.05, 4.69) is 41.2 Å². The van der Waals surface area contributed by atoms with Gasteiger partial charge in [0.25, 0.3) is 0 Å². The van der Waals surface area contributed by atoms with Gasteiger partial charge in [-0.05, 0) is 6.92 Å². The summed E-state index contributed by atoms with van der Waals surface area (Å²) in [6, 6.07) is -1.42. The summed E-state index contributed by atoms with van der Waals surface area (Å²) < 4.78 is 0. The molecule has 1 aromatic heterocycles. The zero-order valence-corrected chi connectivity index (χ0v) is 16.2. The first kappa shape index (κ1) is 22.1. The Kier molecular flexibility index (Phi) is 10.1. The number of rotatable bonds is 8. The van der Waals surface area contributed by atoms with E-state index in [1.807, 2.05) is 6.92 Å². The molecule has 150 valence electrons. The number of aryl methyl sites for hydroxylation is 1. The van der Waals surface area contributed by atoms with E-state index in [0.29, 0.717) is 19.6 Å². The number of aromatic amines is 1. The SMILES string of the molecule is C/N=C(\NCCN/C(=N\CCSCc1nc[nH]c1C)NC(N)=O)NC(N)=O. The van der Waals surface area contributed by atoms with Gasteiger partial charge < -0.3 is 27.1 Å². The van der Waals surface area contributed by atoms with Crippen LogP contribution in [0.2, 0.25) is 0 Å². The molecule has 0 atom stereocenters. The van der Waals surface area contributed by atoms with Gasteiger partial charge in [0, 0.05) is 37.3 Å². The predicted octanol–water partition coefficient (Wildman–Crippen LogP) is -1.19. The molecule has 0 saturated heterocycles. The standard InChI is InChI=1S/C14H26N10O2S/c1-9-10(22-8-21-9)7-27-6-5-20-14(24-12(16)26)19-4-3-18-13(17-2)23-11(15)25/h8H,3-7H2,1-2H3,(H,21,22)(H4,15,17,18,23,25)(H4,16,19,20,24,26). The van der Waals surface area contributed by atoms with Crippen molar-refractivity contribution in [1.82, 2.24) is 31.2 Å². The lowest BCUT2D eigenvalue weighted by Gasteiger charge is -2.12. The third-order valence-electron chi connectivity index (χ3n) is 3.10. The number of guanidine groups is 2. The van der Waals surface area contributed by atoms with Crippen molar-refractivity contribution in [3.8, 4) is 0 Å². The Bertz CT molecular complexity index is 673. The maximum atomic E-state index is 11.1. The number of urea groups is 2. The minimum absolute atomic E-state index is 0.246. The number of aromatic nitrogens is 2. The van der Waals surface area contributed by atoms with E-state index < -0.39 is 12.1 Å². The Morgan fingerprint density at radius 3 is 2.37 bits per heavy atom. The van der Waals surface area contributed by atoms with Crippen LogP contribution in [0, 0.1) is 6.92 Å². The van der Waals surface area contributed by atoms with E-state index >= 15 is 0 Å². The highest BCUT2D eigenvalue weighted by Crippen LogP contribution is 2.11. The average molecular weight is 398 g/mol. The highest BCUT2D eigenvalue weighted by atomic mass is 32.2. The van der Waals surface area contributed by atoms with Gasteiger partial charge in [-0.15, -0.1) is 0 Å². The smallest absolute Gasteiger partial charge is 0.318 e. The molecule has 12 nitrogen and oxygen atoms in total. The maximum absolute atomic E-state index is 11.1. The van der Waals surface area contributed by atoms with E-state index in [1.54, 1.807) is 18.1 Å². The fourth-order valence-electron chi connectivity index (χ4n) is 1.84. The molecule has 0 aliphatic carbocycles. The fraction of sp³-hybridized carbons (Fsp3) is 0.500. The first-order chi connectivity index (χ1) is 12.9. The summed E-state index contributed by atoms with van der Waals surface area (Å²) in [5.41, 5.74) is 12.2. The Balaban J connectivity index is 2.34. The summed E-state index contributed by atoms with van der Waals surface area (Å²) in [4.78, 5) is 37.2. The van der Waals surface area contributed by atoms with Crippen LogP contribution in [0.25, 0.3) is 0 Å². The highest BCUT2D eigenvalue weighted by molar-refractivity contribution is 7.98. The van der Waals surface area contributed by atoms with Crippen molar-refractivity contribution in [2.45, 2.75) is 12.7 Å². The molecular weight excluding hydrogens is 372 g/mol. The molecule has 4 amide bonds. The van der Waals surface area contributed by atoms with Gasteiger partial charge in [-0.1, -0.05) is 0 Å². The van der Waals surface area contributed by atoms with Gasteiger partial charge in [0.05, 0.1) is 18.6 Å². The van der Waals surface area contributed by atoms with Gasteiger partial charge in [-0.25, -0.2) is 14.6 Å². The van der Waals surface area contributed by atoms with Crippen molar-refractivity contribution in [3.05, 3.63) is 17.7 Å². The monoisotopic (exact) mass is 398 g/mol. The van der Waals surface area contributed by atoms with Crippen LogP contribution in [0.3, 0.4) is 0 Å². The van der Waals surface area contributed by atoms with E-state index in [1.165, 1.54) is 7.05 Å². The quantitative estimate of drug-likeness (QED) is 0.164. The molecule has 1 aromatic rings. The van der Waals surface area contributed by atoms with Crippen molar-refractivity contribution in [1.29, 1.82) is 0 Å². The van der Waals surface area contributed by atoms with Gasteiger partial charge in [0.1, 0.15) is 0 Å². The van der Waals surface area contributed by atoms with Crippen molar-refractivity contribution in [2.24, 2.45) is 21.5 Å². The molecule has 13 heteroatoms. The third kappa shape index (κ3) is 9.94. The molecule has 0 aliphatic heterocycles. The van der Waals surface area contributed by atoms with Crippen LogP contribution in [0.5, 0.6) is 0 Å². The molecule has 0 aromatic carbocycles. The Morgan fingerprint density at radius 1 is 1.19 bits per heavy atom. The molecule has 0 bridgehead atoms. The molecule has 0 saturated carbocycles. The largest absolute Gasteiger partial charge is 0.354 e. The van der Waals surface area contributed by atoms with E-state index in [-0.39, 0.29) is 11.9 Å². The number of hydrogen-bond acceptors (Lipinski definition) is 6. The molecule has 1 rings (SSSR count). The summed E-state index contributed by atoms with van der Waals surface area (Å²) in [5, 5.41) is 10.6. The number of thioether (sulfide) groups is 1. The number of nitrogens with one attached hydrogen (secondary N) is 5. The van der Waals surface area contributed by atoms with Gasteiger partial charge >= 0.3 is 12.1 Å². The number of imidazole rings is 1. The summed E-state index contributed by atoms with van der Waals surface area (Å²) in [5.74, 6) is 2.06. The molecule has 9 N–H and O–H groups in total. The van der Waals surface area contributed by atoms with Gasteiger partial charge in [-0.3, -0.25) is 20.6 Å². The van der Waals surface area contributed by atoms with Crippen molar-refractivity contribution < 1.29 is 9.59 Å². The van der Waals surface area contributed by atoms with Crippen LogP contribution in [-0.4, -0.2) is 66.4 Å². The molecule has 0 aliphatic rings. The fourth-order valence-corrected chi connectivity index (χ4v) is 2.69. The lowest BCUT2D eigenvalue weighted by atomic mass is 10.4. The molecule has 0 spiro atoms. The lowest BCUT2D eigenvalue weighted by Crippen LogP contribution is -2.48. The second-order valence-electron chi connectivity index (χ2n) is 5.16. The zero-order valence-electron chi connectivity index (χ0n) is 15.3. The molecule has 0 unspecified atom stereocenters. The summed E-state index contributed by atoms with van der Waals surface area (Å²) >= 11 is 1.69. The van der Waals surface area contributed by atoms with E-state index in [9.17, 15) is 9.59 Å². The maximum Gasteiger partial charge on any atom is 0.318 e. The number of amides is 4. The van der Waals surface area contributed by atoms with Crippen LogP contribution in [-0.2, 0) is 5.75 Å².